The Kier molecular flexibility index (Phi) is 5.90. The summed E-state index contributed by atoms with van der Waals surface area (Å²) in [5.41, 5.74) is 4.52. The molecule has 6 nitrogen and oxygen atoms in total. The molecule has 0 bridgehead atoms. The molecular formula is C18H21N5OS. The van der Waals surface area contributed by atoms with Crippen molar-refractivity contribution in [3.63, 3.8) is 0 Å². The van der Waals surface area contributed by atoms with Crippen LogP contribution in [-0.2, 0) is 19.4 Å². The zero-order chi connectivity index (χ0) is 17.5. The van der Waals surface area contributed by atoms with E-state index in [1.807, 2.05) is 30.6 Å². The van der Waals surface area contributed by atoms with Crippen molar-refractivity contribution in [2.75, 3.05) is 6.54 Å². The second-order valence-corrected chi connectivity index (χ2v) is 6.76. The number of amides is 1. The van der Waals surface area contributed by atoms with Crippen LogP contribution in [-0.4, -0.2) is 32.4 Å². The van der Waals surface area contributed by atoms with Gasteiger partial charge < -0.3 is 5.32 Å². The van der Waals surface area contributed by atoms with Gasteiger partial charge in [0.2, 0.25) is 0 Å². The Balaban J connectivity index is 1.42. The second-order valence-electron chi connectivity index (χ2n) is 5.82. The van der Waals surface area contributed by atoms with Crippen molar-refractivity contribution < 1.29 is 4.79 Å². The van der Waals surface area contributed by atoms with E-state index < -0.39 is 0 Å². The van der Waals surface area contributed by atoms with Gasteiger partial charge in [0, 0.05) is 24.4 Å². The second kappa shape index (κ2) is 8.53. The molecule has 1 amide bonds. The highest BCUT2D eigenvalue weighted by atomic mass is 32.1. The lowest BCUT2D eigenvalue weighted by Crippen LogP contribution is -2.26. The van der Waals surface area contributed by atoms with Gasteiger partial charge in [-0.25, -0.2) is 4.98 Å². The molecule has 7 heteroatoms. The van der Waals surface area contributed by atoms with Gasteiger partial charge in [-0.1, -0.05) is 35.5 Å². The number of hydrogen-bond donors (Lipinski definition) is 1. The Morgan fingerprint density at radius 2 is 2.08 bits per heavy atom. The van der Waals surface area contributed by atoms with Crippen molar-refractivity contribution >= 4 is 17.2 Å². The molecular weight excluding hydrogens is 334 g/mol. The highest BCUT2D eigenvalue weighted by molar-refractivity contribution is 7.09. The number of carbonyl (C=O) groups excluding carboxylic acids is 1. The van der Waals surface area contributed by atoms with Crippen LogP contribution in [0.25, 0.3) is 0 Å². The summed E-state index contributed by atoms with van der Waals surface area (Å²) in [4.78, 5) is 17.5. The monoisotopic (exact) mass is 355 g/mol. The number of nitrogens with zero attached hydrogens (tertiary/aromatic N) is 4. The molecule has 3 rings (SSSR count). The molecule has 3 aromatic rings. The lowest BCUT2D eigenvalue weighted by Gasteiger charge is -2.02. The molecule has 0 fully saturated rings. The first-order valence-corrected chi connectivity index (χ1v) is 9.21. The quantitative estimate of drug-likeness (QED) is 0.674. The van der Waals surface area contributed by atoms with Crippen LogP contribution in [0.3, 0.4) is 0 Å². The van der Waals surface area contributed by atoms with Crippen LogP contribution >= 0.6 is 11.3 Å². The maximum Gasteiger partial charge on any atom is 0.273 e. The van der Waals surface area contributed by atoms with E-state index in [-0.39, 0.29) is 5.91 Å². The third kappa shape index (κ3) is 4.96. The van der Waals surface area contributed by atoms with Crippen LogP contribution in [0.1, 0.15) is 33.0 Å². The summed E-state index contributed by atoms with van der Waals surface area (Å²) < 4.78 is 1.73. The molecule has 0 radical (unpaired) electrons. The van der Waals surface area contributed by atoms with Crippen molar-refractivity contribution in [2.24, 2.45) is 0 Å². The van der Waals surface area contributed by atoms with Crippen molar-refractivity contribution in [1.82, 2.24) is 25.3 Å². The van der Waals surface area contributed by atoms with Crippen molar-refractivity contribution in [3.8, 4) is 0 Å². The highest BCUT2D eigenvalue weighted by Gasteiger charge is 2.10. The fourth-order valence-corrected chi connectivity index (χ4v) is 3.33. The number of carbonyl (C=O) groups is 1. The Bertz CT molecular complexity index is 812. The van der Waals surface area contributed by atoms with Gasteiger partial charge in [0.15, 0.2) is 5.69 Å². The zero-order valence-corrected chi connectivity index (χ0v) is 15.0. The van der Waals surface area contributed by atoms with Crippen molar-refractivity contribution in [2.45, 2.75) is 32.7 Å². The summed E-state index contributed by atoms with van der Waals surface area (Å²) in [6, 6.07) is 10.3. The maximum absolute atomic E-state index is 12.1. The summed E-state index contributed by atoms with van der Waals surface area (Å²) in [5.74, 6) is -0.184. The number of hydrogen-bond acceptors (Lipinski definition) is 5. The topological polar surface area (TPSA) is 72.7 Å². The molecule has 0 aliphatic rings. The summed E-state index contributed by atoms with van der Waals surface area (Å²) in [6.45, 7) is 3.30. The molecule has 0 saturated carbocycles. The minimum Gasteiger partial charge on any atom is -0.350 e. The van der Waals surface area contributed by atoms with Gasteiger partial charge >= 0.3 is 0 Å². The number of thiazole rings is 1. The van der Waals surface area contributed by atoms with Gasteiger partial charge in [-0.05, 0) is 25.3 Å². The van der Waals surface area contributed by atoms with Gasteiger partial charge in [-0.15, -0.1) is 16.4 Å². The fourth-order valence-electron chi connectivity index (χ4n) is 2.55. The highest BCUT2D eigenvalue weighted by Crippen LogP contribution is 2.12. The summed E-state index contributed by atoms with van der Waals surface area (Å²) in [5, 5.41) is 10.9. The molecule has 2 heterocycles. The predicted molar refractivity (Wildman–Crippen MR) is 97.7 cm³/mol. The van der Waals surface area contributed by atoms with E-state index in [1.165, 1.54) is 10.4 Å². The van der Waals surface area contributed by atoms with Crippen LogP contribution in [0.15, 0.2) is 42.0 Å². The van der Waals surface area contributed by atoms with Gasteiger partial charge in [-0.3, -0.25) is 9.48 Å². The largest absolute Gasteiger partial charge is 0.350 e. The first kappa shape index (κ1) is 17.3. The molecule has 0 unspecified atom stereocenters. The standard InChI is InChI=1S/C18H21N5OS/c1-14-17(25-13-20-14)9-10-19-18(24)16-12-23(22-21-16)11-5-8-15-6-3-2-4-7-15/h2-4,6-7,12-13H,5,8-11H2,1H3,(H,19,24). The van der Waals surface area contributed by atoms with E-state index in [2.05, 4.69) is 32.7 Å². The van der Waals surface area contributed by atoms with Crippen LogP contribution in [0.2, 0.25) is 0 Å². The van der Waals surface area contributed by atoms with Crippen LogP contribution in [0, 0.1) is 6.92 Å². The smallest absolute Gasteiger partial charge is 0.273 e. The average Bonchev–Trinajstić information content (AvgIpc) is 3.25. The number of nitrogens with one attached hydrogen (secondary N) is 1. The van der Waals surface area contributed by atoms with E-state index in [0.29, 0.717) is 12.2 Å². The predicted octanol–water partition coefficient (Wildman–Crippen LogP) is 2.65. The molecule has 25 heavy (non-hydrogen) atoms. The van der Waals surface area contributed by atoms with E-state index in [4.69, 9.17) is 0 Å². The first-order valence-electron chi connectivity index (χ1n) is 8.33. The Morgan fingerprint density at radius 3 is 2.84 bits per heavy atom. The van der Waals surface area contributed by atoms with Crippen LogP contribution < -0.4 is 5.32 Å². The van der Waals surface area contributed by atoms with Crippen LogP contribution in [0.5, 0.6) is 0 Å². The SMILES string of the molecule is Cc1ncsc1CCNC(=O)c1cn(CCCc2ccccc2)nn1. The molecule has 0 atom stereocenters. The van der Waals surface area contributed by atoms with E-state index in [0.717, 1.165) is 31.5 Å². The number of benzene rings is 1. The number of aromatic nitrogens is 4. The summed E-state index contributed by atoms with van der Waals surface area (Å²) in [7, 11) is 0. The van der Waals surface area contributed by atoms with E-state index in [1.54, 1.807) is 22.2 Å². The lowest BCUT2D eigenvalue weighted by atomic mass is 10.1. The molecule has 0 aliphatic carbocycles. The normalized spacial score (nSPS) is 10.8. The molecule has 2 aromatic heterocycles. The van der Waals surface area contributed by atoms with Gasteiger partial charge in [0.1, 0.15) is 0 Å². The molecule has 0 aliphatic heterocycles. The number of rotatable bonds is 8. The molecule has 0 spiro atoms. The Morgan fingerprint density at radius 1 is 1.24 bits per heavy atom. The third-order valence-electron chi connectivity index (χ3n) is 3.95. The fraction of sp³-hybridized carbons (Fsp3) is 0.333. The van der Waals surface area contributed by atoms with E-state index in [9.17, 15) is 4.79 Å². The van der Waals surface area contributed by atoms with Gasteiger partial charge in [0.25, 0.3) is 5.91 Å². The summed E-state index contributed by atoms with van der Waals surface area (Å²) >= 11 is 1.61. The third-order valence-corrected chi connectivity index (χ3v) is 4.94. The van der Waals surface area contributed by atoms with Gasteiger partial charge in [-0.2, -0.15) is 0 Å². The Labute approximate surface area is 150 Å². The van der Waals surface area contributed by atoms with Crippen molar-refractivity contribution in [1.29, 1.82) is 0 Å². The zero-order valence-electron chi connectivity index (χ0n) is 14.2. The minimum absolute atomic E-state index is 0.184. The van der Waals surface area contributed by atoms with Gasteiger partial charge in [0.05, 0.1) is 17.4 Å². The van der Waals surface area contributed by atoms with Crippen molar-refractivity contribution in [3.05, 3.63) is 63.9 Å². The minimum atomic E-state index is -0.184. The summed E-state index contributed by atoms with van der Waals surface area (Å²) in [6.07, 6.45) is 4.43. The molecule has 130 valence electrons. The average molecular weight is 355 g/mol. The maximum atomic E-state index is 12.1. The number of aryl methyl sites for hydroxylation is 3. The lowest BCUT2D eigenvalue weighted by molar-refractivity contribution is 0.0949. The van der Waals surface area contributed by atoms with Crippen LogP contribution in [0.4, 0.5) is 0 Å². The Hall–Kier alpha value is -2.54. The molecule has 0 saturated heterocycles. The molecule has 1 aromatic carbocycles. The first-order chi connectivity index (χ1) is 12.2. The van der Waals surface area contributed by atoms with E-state index >= 15 is 0 Å². The molecule has 1 N–H and O–H groups in total.